The number of nitrogens with zero attached hydrogens (tertiary/aromatic N) is 2. The maximum atomic E-state index is 13.1. The minimum Gasteiger partial charge on any atom is -0.493 e. The maximum absolute atomic E-state index is 13.1. The van der Waals surface area contributed by atoms with Gasteiger partial charge in [0.15, 0.2) is 11.5 Å². The predicted molar refractivity (Wildman–Crippen MR) is 209 cm³/mol. The molecule has 2 aromatic carbocycles. The van der Waals surface area contributed by atoms with Gasteiger partial charge in [-0.15, -0.1) is 0 Å². The van der Waals surface area contributed by atoms with E-state index < -0.39 is 11.5 Å². The zero-order chi connectivity index (χ0) is 36.7. The molecule has 3 aliphatic carbocycles. The molecule has 1 spiro atoms. The molecule has 0 bridgehead atoms. The molecule has 5 atom stereocenters. The number of pyridine rings is 1. The summed E-state index contributed by atoms with van der Waals surface area (Å²) >= 11 is 6.32. The molecule has 3 heterocycles. The van der Waals surface area contributed by atoms with Crippen LogP contribution in [0.5, 0.6) is 17.2 Å². The summed E-state index contributed by atoms with van der Waals surface area (Å²) in [6.07, 6.45) is 11.0. The molecule has 2 aliphatic heterocycles. The molecular formula is C44H56ClN3O5. The first-order valence-corrected chi connectivity index (χ1v) is 20.5. The maximum Gasteiger partial charge on any atom is 0.329 e. The minimum absolute atomic E-state index is 0.168. The molecule has 8 rings (SSSR count). The summed E-state index contributed by atoms with van der Waals surface area (Å²) in [5.41, 5.74) is 4.63. The molecule has 1 unspecified atom stereocenters. The summed E-state index contributed by atoms with van der Waals surface area (Å²) in [4.78, 5) is 20.3. The van der Waals surface area contributed by atoms with E-state index in [0.29, 0.717) is 61.4 Å². The van der Waals surface area contributed by atoms with Crippen molar-refractivity contribution in [3.8, 4) is 17.2 Å². The number of aryl methyl sites for hydroxylation is 1. The van der Waals surface area contributed by atoms with Crippen LogP contribution in [-0.4, -0.2) is 66.0 Å². The highest BCUT2D eigenvalue weighted by atomic mass is 35.5. The molecule has 0 amide bonds. The van der Waals surface area contributed by atoms with Gasteiger partial charge in [0.25, 0.3) is 0 Å². The number of ether oxygens (including phenoxy) is 3. The number of nitrogens with one attached hydrogen (secondary N) is 1. The lowest BCUT2D eigenvalue weighted by atomic mass is 9.59. The Morgan fingerprint density at radius 1 is 1.09 bits per heavy atom. The molecule has 1 aromatic heterocycles. The number of aliphatic carboxylic acids is 1. The molecule has 8 nitrogen and oxygen atoms in total. The molecule has 3 aromatic rings. The Labute approximate surface area is 319 Å². The second kappa shape index (κ2) is 15.0. The Balaban J connectivity index is 1.04. The van der Waals surface area contributed by atoms with Crippen LogP contribution in [0, 0.1) is 23.7 Å². The summed E-state index contributed by atoms with van der Waals surface area (Å²) in [6, 6.07) is 14.0. The molecule has 2 fully saturated rings. The van der Waals surface area contributed by atoms with Gasteiger partial charge in [-0.2, -0.15) is 0 Å². The van der Waals surface area contributed by atoms with Gasteiger partial charge >= 0.3 is 5.97 Å². The van der Waals surface area contributed by atoms with Crippen molar-refractivity contribution in [3.05, 3.63) is 76.1 Å². The zero-order valence-electron chi connectivity index (χ0n) is 31.7. The van der Waals surface area contributed by atoms with Gasteiger partial charge < -0.3 is 29.5 Å². The highest BCUT2D eigenvalue weighted by Gasteiger charge is 2.54. The molecular weight excluding hydrogens is 686 g/mol. The number of carboxylic acid groups (broad SMARTS) is 1. The fourth-order valence-corrected chi connectivity index (χ4v) is 10.7. The minimum atomic E-state index is -1.07. The fraction of sp³-hybridized carbons (Fsp3) is 0.591. The van der Waals surface area contributed by atoms with E-state index in [2.05, 4.69) is 48.1 Å². The van der Waals surface area contributed by atoms with E-state index in [1.165, 1.54) is 41.6 Å². The van der Waals surface area contributed by atoms with Crippen molar-refractivity contribution in [2.45, 2.75) is 102 Å². The predicted octanol–water partition coefficient (Wildman–Crippen LogP) is 8.93. The monoisotopic (exact) mass is 741 g/mol. The smallest absolute Gasteiger partial charge is 0.329 e. The van der Waals surface area contributed by atoms with Crippen molar-refractivity contribution < 1.29 is 24.1 Å². The molecule has 1 saturated carbocycles. The highest BCUT2D eigenvalue weighted by molar-refractivity contribution is 6.30. The van der Waals surface area contributed by atoms with Crippen molar-refractivity contribution in [1.82, 2.24) is 9.88 Å². The van der Waals surface area contributed by atoms with E-state index in [-0.39, 0.29) is 5.41 Å². The normalized spacial score (nSPS) is 30.0. The number of halogens is 1. The quantitative estimate of drug-likeness (QED) is 0.213. The Morgan fingerprint density at radius 3 is 2.62 bits per heavy atom. The van der Waals surface area contributed by atoms with Gasteiger partial charge in [0.05, 0.1) is 19.8 Å². The third-order valence-corrected chi connectivity index (χ3v) is 13.6. The number of rotatable bonds is 10. The average Bonchev–Trinajstić information content (AvgIpc) is 3.60. The van der Waals surface area contributed by atoms with E-state index in [4.69, 9.17) is 25.8 Å². The van der Waals surface area contributed by atoms with E-state index in [1.807, 2.05) is 36.5 Å². The summed E-state index contributed by atoms with van der Waals surface area (Å²) in [6.45, 7) is 12.2. The third kappa shape index (κ3) is 7.35. The van der Waals surface area contributed by atoms with Gasteiger partial charge in [-0.25, -0.2) is 4.79 Å². The Kier molecular flexibility index (Phi) is 10.3. The van der Waals surface area contributed by atoms with Gasteiger partial charge in [-0.3, -0.25) is 4.98 Å². The Hall–Kier alpha value is -3.49. The van der Waals surface area contributed by atoms with Gasteiger partial charge in [0.1, 0.15) is 11.3 Å². The van der Waals surface area contributed by atoms with Crippen LogP contribution in [0.3, 0.4) is 0 Å². The fourth-order valence-electron chi connectivity index (χ4n) is 10.5. The number of aromatic nitrogens is 1. The number of hydrogen-bond acceptors (Lipinski definition) is 7. The van der Waals surface area contributed by atoms with Crippen molar-refractivity contribution in [2.24, 2.45) is 23.7 Å². The SMILES string of the molecule is C[C@@H](COc1ccnc2c1[C@H](C)CCC2)C[C@H]1Cc2cc3c(cc2C12CCC(Nc1cccc(Cl)c1)(C(=O)O)CC2)OCC(CN1CC[C@H](C)C1)CO3. The summed E-state index contributed by atoms with van der Waals surface area (Å²) in [7, 11) is 0. The molecule has 1 saturated heterocycles. The zero-order valence-corrected chi connectivity index (χ0v) is 32.4. The number of carboxylic acids is 1. The number of fused-ring (bicyclic) bond motifs is 4. The molecule has 9 heteroatoms. The lowest BCUT2D eigenvalue weighted by molar-refractivity contribution is -0.144. The van der Waals surface area contributed by atoms with Gasteiger partial charge in [0.2, 0.25) is 0 Å². The summed E-state index contributed by atoms with van der Waals surface area (Å²) in [5.74, 6) is 4.05. The van der Waals surface area contributed by atoms with E-state index in [1.54, 1.807) is 0 Å². The van der Waals surface area contributed by atoms with Crippen LogP contribution in [0.25, 0.3) is 0 Å². The first kappa shape index (κ1) is 36.5. The van der Waals surface area contributed by atoms with E-state index in [0.717, 1.165) is 80.6 Å². The average molecular weight is 742 g/mol. The van der Waals surface area contributed by atoms with Crippen LogP contribution in [0.2, 0.25) is 5.02 Å². The van der Waals surface area contributed by atoms with E-state index >= 15 is 0 Å². The van der Waals surface area contributed by atoms with Gasteiger partial charge in [-0.1, -0.05) is 38.4 Å². The Morgan fingerprint density at radius 2 is 1.89 bits per heavy atom. The van der Waals surface area contributed by atoms with E-state index in [9.17, 15) is 9.90 Å². The number of benzene rings is 2. The lowest BCUT2D eigenvalue weighted by Crippen LogP contribution is -2.53. The van der Waals surface area contributed by atoms with Crippen LogP contribution in [-0.2, 0) is 23.1 Å². The van der Waals surface area contributed by atoms with Crippen LogP contribution in [0.1, 0.15) is 100 Å². The molecule has 2 N–H and O–H groups in total. The van der Waals surface area contributed by atoms with Crippen LogP contribution in [0.15, 0.2) is 48.7 Å². The Bertz CT molecular complexity index is 1810. The molecule has 0 radical (unpaired) electrons. The lowest BCUT2D eigenvalue weighted by Gasteiger charge is -2.47. The summed E-state index contributed by atoms with van der Waals surface area (Å²) < 4.78 is 19.7. The van der Waals surface area contributed by atoms with Crippen molar-refractivity contribution in [3.63, 3.8) is 0 Å². The molecule has 284 valence electrons. The molecule has 53 heavy (non-hydrogen) atoms. The van der Waals surface area contributed by atoms with Crippen molar-refractivity contribution in [2.75, 3.05) is 44.8 Å². The number of likely N-dealkylation sites (tertiary alicyclic amines) is 1. The highest BCUT2D eigenvalue weighted by Crippen LogP contribution is 2.58. The third-order valence-electron chi connectivity index (χ3n) is 13.3. The first-order valence-electron chi connectivity index (χ1n) is 20.1. The standard InChI is InChI=1S/C44H56ClN3O5/c1-28-11-17-48(23-28)24-31-26-52-39-20-32-19-33(18-29(2)25-51-38-10-16-46-37-9-4-6-30(3)41(37)38)43(36(32)22-40(39)53-27-31)12-14-44(15-13-43,42(49)50)47-35-8-5-7-34(45)21-35/h5,7-8,10,16,20-22,28-31,33,47H,4,6,9,11-15,17-19,23-27H2,1-3H3,(H,49,50)/t28-,29+,30+,31?,33-,43?,44?/m0/s1. The number of carbonyl (C=O) groups is 1. The van der Waals surface area contributed by atoms with Gasteiger partial charge in [0, 0.05) is 47.2 Å². The van der Waals surface area contributed by atoms with Crippen LogP contribution < -0.4 is 19.5 Å². The second-order valence-corrected chi connectivity index (χ2v) is 17.7. The first-order chi connectivity index (χ1) is 25.6. The topological polar surface area (TPSA) is 93.2 Å². The van der Waals surface area contributed by atoms with Gasteiger partial charge in [-0.05, 0) is 147 Å². The summed E-state index contributed by atoms with van der Waals surface area (Å²) in [5, 5.41) is 14.7. The van der Waals surface area contributed by atoms with Crippen LogP contribution >= 0.6 is 11.6 Å². The second-order valence-electron chi connectivity index (χ2n) is 17.3. The van der Waals surface area contributed by atoms with Crippen molar-refractivity contribution >= 4 is 23.3 Å². The van der Waals surface area contributed by atoms with Crippen molar-refractivity contribution in [1.29, 1.82) is 0 Å². The molecule has 5 aliphatic rings. The number of hydrogen-bond donors (Lipinski definition) is 2. The van der Waals surface area contributed by atoms with Crippen LogP contribution in [0.4, 0.5) is 5.69 Å². The number of anilines is 1. The largest absolute Gasteiger partial charge is 0.493 e.